The molecular weight excluding hydrogens is 326 g/mol. The topological polar surface area (TPSA) is 66.8 Å². The molecule has 0 spiro atoms. The molecule has 0 saturated heterocycles. The molecule has 5 nitrogen and oxygen atoms in total. The first-order valence-electron chi connectivity index (χ1n) is 6.39. The van der Waals surface area contributed by atoms with Crippen molar-refractivity contribution >= 4 is 27.8 Å². The Morgan fingerprint density at radius 1 is 1.45 bits per heavy atom. The molecule has 0 unspecified atom stereocenters. The summed E-state index contributed by atoms with van der Waals surface area (Å²) >= 11 is 3.36. The van der Waals surface area contributed by atoms with Gasteiger partial charge in [0.1, 0.15) is 5.75 Å². The summed E-state index contributed by atoms with van der Waals surface area (Å²) in [6, 6.07) is 5.36. The molecule has 0 radical (unpaired) electrons. The third kappa shape index (κ3) is 3.50. The molecule has 1 aromatic rings. The normalized spacial score (nSPS) is 13.9. The van der Waals surface area contributed by atoms with Gasteiger partial charge < -0.3 is 14.7 Å². The second kappa shape index (κ2) is 6.26. The van der Waals surface area contributed by atoms with Gasteiger partial charge in [-0.1, -0.05) is 0 Å². The summed E-state index contributed by atoms with van der Waals surface area (Å²) in [4.78, 5) is 24.9. The number of nitrogens with zero attached hydrogens (tertiary/aromatic N) is 1. The van der Waals surface area contributed by atoms with Gasteiger partial charge in [-0.3, -0.25) is 9.59 Å². The molecule has 0 atom stereocenters. The number of rotatable bonds is 6. The molecule has 6 heteroatoms. The van der Waals surface area contributed by atoms with Crippen LogP contribution in [0.25, 0.3) is 0 Å². The lowest BCUT2D eigenvalue weighted by molar-refractivity contribution is -0.137. The minimum Gasteiger partial charge on any atom is -0.497 e. The number of aliphatic carboxylic acids is 1. The molecule has 1 amide bonds. The number of hydrogen-bond donors (Lipinski definition) is 1. The summed E-state index contributed by atoms with van der Waals surface area (Å²) in [6.07, 6.45) is 1.84. The maximum absolute atomic E-state index is 12.6. The summed E-state index contributed by atoms with van der Waals surface area (Å²) in [6.45, 7) is 0.239. The minimum atomic E-state index is -0.895. The van der Waals surface area contributed by atoms with Gasteiger partial charge >= 0.3 is 5.97 Å². The van der Waals surface area contributed by atoms with Crippen molar-refractivity contribution in [1.29, 1.82) is 0 Å². The number of carboxylic acid groups (broad SMARTS) is 1. The van der Waals surface area contributed by atoms with Crippen molar-refractivity contribution in [2.75, 3.05) is 13.7 Å². The fourth-order valence-electron chi connectivity index (χ4n) is 2.00. The Kier molecular flexibility index (Phi) is 4.65. The number of halogens is 1. The fraction of sp³-hybridized carbons (Fsp3) is 0.429. The first kappa shape index (κ1) is 14.8. The van der Waals surface area contributed by atoms with Crippen LogP contribution < -0.4 is 4.74 Å². The van der Waals surface area contributed by atoms with Crippen LogP contribution >= 0.6 is 15.9 Å². The van der Waals surface area contributed by atoms with Crippen LogP contribution in [0.4, 0.5) is 0 Å². The number of amides is 1. The molecular formula is C14H16BrNO4. The number of ether oxygens (including phenoxy) is 1. The minimum absolute atomic E-state index is 0.0379. The van der Waals surface area contributed by atoms with Crippen LogP contribution in [0.3, 0.4) is 0 Å². The highest BCUT2D eigenvalue weighted by Gasteiger charge is 2.33. The third-order valence-corrected chi connectivity index (χ3v) is 3.91. The molecule has 1 aliphatic rings. The Balaban J connectivity index is 2.20. The van der Waals surface area contributed by atoms with E-state index in [2.05, 4.69) is 15.9 Å². The van der Waals surface area contributed by atoms with Gasteiger partial charge in [0, 0.05) is 17.1 Å². The zero-order chi connectivity index (χ0) is 14.7. The largest absolute Gasteiger partial charge is 0.497 e. The van der Waals surface area contributed by atoms with E-state index in [0.29, 0.717) is 15.8 Å². The van der Waals surface area contributed by atoms with Crippen LogP contribution in [0.1, 0.15) is 29.6 Å². The Morgan fingerprint density at radius 2 is 2.15 bits per heavy atom. The SMILES string of the molecule is COc1ccc(Br)c(C(=O)N(CCC(=O)O)C2CC2)c1. The second-order valence-electron chi connectivity index (χ2n) is 4.72. The molecule has 1 aliphatic carbocycles. The molecule has 1 saturated carbocycles. The van der Waals surface area contributed by atoms with E-state index in [9.17, 15) is 9.59 Å². The van der Waals surface area contributed by atoms with Gasteiger partial charge in [-0.2, -0.15) is 0 Å². The molecule has 1 fully saturated rings. The van der Waals surface area contributed by atoms with E-state index in [1.54, 1.807) is 30.2 Å². The molecule has 108 valence electrons. The average Bonchev–Trinajstić information content (AvgIpc) is 3.23. The van der Waals surface area contributed by atoms with Gasteiger partial charge in [0.15, 0.2) is 0 Å². The van der Waals surface area contributed by atoms with E-state index >= 15 is 0 Å². The lowest BCUT2D eigenvalue weighted by Crippen LogP contribution is -2.35. The van der Waals surface area contributed by atoms with Crippen LogP contribution in [-0.2, 0) is 4.79 Å². The van der Waals surface area contributed by atoms with Crippen molar-refractivity contribution in [3.8, 4) is 5.75 Å². The van der Waals surface area contributed by atoms with Crippen molar-refractivity contribution in [1.82, 2.24) is 4.90 Å². The van der Waals surface area contributed by atoms with E-state index in [1.807, 2.05) is 0 Å². The van der Waals surface area contributed by atoms with Gasteiger partial charge in [0.2, 0.25) is 0 Å². The molecule has 1 aromatic carbocycles. The first-order chi connectivity index (χ1) is 9.52. The average molecular weight is 342 g/mol. The first-order valence-corrected chi connectivity index (χ1v) is 7.18. The van der Waals surface area contributed by atoms with E-state index in [1.165, 1.54) is 0 Å². The lowest BCUT2D eigenvalue weighted by Gasteiger charge is -2.22. The summed E-state index contributed by atoms with van der Waals surface area (Å²) in [5.41, 5.74) is 0.502. The highest BCUT2D eigenvalue weighted by molar-refractivity contribution is 9.10. The molecule has 20 heavy (non-hydrogen) atoms. The molecule has 0 aromatic heterocycles. The lowest BCUT2D eigenvalue weighted by atomic mass is 10.1. The van der Waals surface area contributed by atoms with Crippen LogP contribution in [0.5, 0.6) is 5.75 Å². The number of benzene rings is 1. The summed E-state index contributed by atoms with van der Waals surface area (Å²) in [5.74, 6) is -0.446. The fourth-order valence-corrected chi connectivity index (χ4v) is 2.42. The predicted octanol–water partition coefficient (Wildman–Crippen LogP) is 2.54. The van der Waals surface area contributed by atoms with Crippen molar-refractivity contribution in [3.63, 3.8) is 0 Å². The zero-order valence-corrected chi connectivity index (χ0v) is 12.7. The Labute approximate surface area is 125 Å². The standard InChI is InChI=1S/C14H16BrNO4/c1-20-10-4-5-12(15)11(8-10)14(19)16(9-2-3-9)7-6-13(17)18/h4-5,8-9H,2-3,6-7H2,1H3,(H,17,18). The van der Waals surface area contributed by atoms with Gasteiger partial charge in [-0.05, 0) is 47.0 Å². The molecule has 0 aliphatic heterocycles. The number of carboxylic acids is 1. The van der Waals surface area contributed by atoms with Gasteiger partial charge in [0.05, 0.1) is 19.1 Å². The van der Waals surface area contributed by atoms with E-state index < -0.39 is 5.97 Å². The van der Waals surface area contributed by atoms with Crippen molar-refractivity contribution in [3.05, 3.63) is 28.2 Å². The van der Waals surface area contributed by atoms with Gasteiger partial charge in [-0.25, -0.2) is 0 Å². The summed E-state index contributed by atoms with van der Waals surface area (Å²) in [7, 11) is 1.54. The van der Waals surface area contributed by atoms with Gasteiger partial charge in [-0.15, -0.1) is 0 Å². The molecule has 1 N–H and O–H groups in total. The Bertz CT molecular complexity index is 528. The quantitative estimate of drug-likeness (QED) is 0.863. The van der Waals surface area contributed by atoms with E-state index in [-0.39, 0.29) is 24.9 Å². The summed E-state index contributed by atoms with van der Waals surface area (Å²) in [5, 5.41) is 8.79. The second-order valence-corrected chi connectivity index (χ2v) is 5.57. The Hall–Kier alpha value is -1.56. The van der Waals surface area contributed by atoms with Crippen molar-refractivity contribution in [2.45, 2.75) is 25.3 Å². The third-order valence-electron chi connectivity index (χ3n) is 3.22. The number of hydrogen-bond acceptors (Lipinski definition) is 3. The highest BCUT2D eigenvalue weighted by Crippen LogP contribution is 2.31. The van der Waals surface area contributed by atoms with Crippen LogP contribution in [-0.4, -0.2) is 41.6 Å². The van der Waals surface area contributed by atoms with Crippen LogP contribution in [0, 0.1) is 0 Å². The zero-order valence-electron chi connectivity index (χ0n) is 11.1. The molecule has 2 rings (SSSR count). The van der Waals surface area contributed by atoms with Crippen molar-refractivity contribution in [2.24, 2.45) is 0 Å². The van der Waals surface area contributed by atoms with Crippen LogP contribution in [0.2, 0.25) is 0 Å². The van der Waals surface area contributed by atoms with Crippen molar-refractivity contribution < 1.29 is 19.4 Å². The number of carbonyl (C=O) groups is 2. The van der Waals surface area contributed by atoms with Crippen LogP contribution in [0.15, 0.2) is 22.7 Å². The summed E-state index contributed by atoms with van der Waals surface area (Å²) < 4.78 is 5.81. The van der Waals surface area contributed by atoms with E-state index in [4.69, 9.17) is 9.84 Å². The monoisotopic (exact) mass is 341 g/mol. The number of carbonyl (C=O) groups excluding carboxylic acids is 1. The predicted molar refractivity (Wildman–Crippen MR) is 77.0 cm³/mol. The molecule has 0 heterocycles. The van der Waals surface area contributed by atoms with E-state index in [0.717, 1.165) is 12.8 Å². The smallest absolute Gasteiger partial charge is 0.305 e. The Morgan fingerprint density at radius 3 is 2.70 bits per heavy atom. The number of methoxy groups -OCH3 is 1. The maximum Gasteiger partial charge on any atom is 0.305 e. The highest BCUT2D eigenvalue weighted by atomic mass is 79.9. The van der Waals surface area contributed by atoms with Gasteiger partial charge in [0.25, 0.3) is 5.91 Å². The maximum atomic E-state index is 12.6. The molecule has 0 bridgehead atoms.